The zero-order chi connectivity index (χ0) is 16.5. The lowest BCUT2D eigenvalue weighted by Crippen LogP contribution is -2.33. The van der Waals surface area contributed by atoms with E-state index < -0.39 is 0 Å². The Labute approximate surface area is 137 Å². The van der Waals surface area contributed by atoms with Gasteiger partial charge in [0, 0.05) is 12.7 Å². The minimum Gasteiger partial charge on any atom is -0.497 e. The summed E-state index contributed by atoms with van der Waals surface area (Å²) in [6, 6.07) is 15.7. The van der Waals surface area contributed by atoms with Crippen molar-refractivity contribution in [1.82, 2.24) is 10.6 Å². The van der Waals surface area contributed by atoms with Crippen LogP contribution >= 0.6 is 0 Å². The van der Waals surface area contributed by atoms with Crippen molar-refractivity contribution in [3.8, 4) is 5.75 Å². The van der Waals surface area contributed by atoms with Gasteiger partial charge in [0.15, 0.2) is 0 Å². The summed E-state index contributed by atoms with van der Waals surface area (Å²) in [7, 11) is 1.64. The van der Waals surface area contributed by atoms with Gasteiger partial charge in [0.25, 0.3) is 0 Å². The summed E-state index contributed by atoms with van der Waals surface area (Å²) in [6.07, 6.45) is 4.27. The van der Waals surface area contributed by atoms with Crippen LogP contribution in [0.5, 0.6) is 5.75 Å². The normalized spacial score (nSPS) is 10.5. The van der Waals surface area contributed by atoms with Crippen LogP contribution in [0.15, 0.2) is 54.7 Å². The monoisotopic (exact) mass is 310 g/mol. The van der Waals surface area contributed by atoms with Gasteiger partial charge in [-0.1, -0.05) is 42.0 Å². The Morgan fingerprint density at radius 1 is 1.17 bits per heavy atom. The molecule has 2 N–H and O–H groups in total. The fourth-order valence-electron chi connectivity index (χ4n) is 2.19. The van der Waals surface area contributed by atoms with Crippen molar-refractivity contribution in [2.45, 2.75) is 13.3 Å². The number of amides is 2. The molecule has 2 aromatic carbocycles. The second kappa shape index (κ2) is 8.63. The van der Waals surface area contributed by atoms with E-state index in [1.54, 1.807) is 13.3 Å². The number of hydrogen-bond donors (Lipinski definition) is 2. The molecule has 0 aromatic heterocycles. The number of hydrogen-bond acceptors (Lipinski definition) is 2. The number of ether oxygens (including phenoxy) is 1. The summed E-state index contributed by atoms with van der Waals surface area (Å²) >= 11 is 0. The van der Waals surface area contributed by atoms with Crippen LogP contribution in [0.25, 0.3) is 6.08 Å². The molecule has 0 aliphatic carbocycles. The van der Waals surface area contributed by atoms with Gasteiger partial charge < -0.3 is 15.4 Å². The lowest BCUT2D eigenvalue weighted by Gasteiger charge is -2.06. The highest BCUT2D eigenvalue weighted by molar-refractivity contribution is 5.75. The molecule has 2 amide bonds. The highest BCUT2D eigenvalue weighted by Crippen LogP contribution is 2.12. The first kappa shape index (κ1) is 16.6. The molecule has 0 unspecified atom stereocenters. The molecule has 0 radical (unpaired) electrons. The van der Waals surface area contributed by atoms with E-state index in [1.807, 2.05) is 55.5 Å². The van der Waals surface area contributed by atoms with Gasteiger partial charge >= 0.3 is 6.03 Å². The summed E-state index contributed by atoms with van der Waals surface area (Å²) in [6.45, 7) is 2.60. The maximum absolute atomic E-state index is 11.7. The van der Waals surface area contributed by atoms with E-state index in [0.29, 0.717) is 6.54 Å². The molecule has 2 aromatic rings. The maximum atomic E-state index is 11.7. The van der Waals surface area contributed by atoms with Crippen molar-refractivity contribution >= 4 is 12.1 Å². The minimum absolute atomic E-state index is 0.211. The fraction of sp³-hybridized carbons (Fsp3) is 0.211. The van der Waals surface area contributed by atoms with E-state index in [-0.39, 0.29) is 6.03 Å². The van der Waals surface area contributed by atoms with E-state index in [0.717, 1.165) is 23.3 Å². The largest absolute Gasteiger partial charge is 0.497 e. The third kappa shape index (κ3) is 5.87. The molecule has 4 nitrogen and oxygen atoms in total. The third-order valence-corrected chi connectivity index (χ3v) is 3.37. The third-order valence-electron chi connectivity index (χ3n) is 3.37. The topological polar surface area (TPSA) is 50.4 Å². The van der Waals surface area contributed by atoms with E-state index in [4.69, 9.17) is 4.74 Å². The van der Waals surface area contributed by atoms with Crippen LogP contribution in [0.4, 0.5) is 4.79 Å². The summed E-state index contributed by atoms with van der Waals surface area (Å²) in [4.78, 5) is 11.7. The molecule has 0 aliphatic rings. The number of rotatable bonds is 6. The zero-order valence-corrected chi connectivity index (χ0v) is 13.5. The van der Waals surface area contributed by atoms with Gasteiger partial charge in [-0.2, -0.15) is 0 Å². The quantitative estimate of drug-likeness (QED) is 0.858. The Hall–Kier alpha value is -2.75. The molecule has 0 fully saturated rings. The van der Waals surface area contributed by atoms with E-state index >= 15 is 0 Å². The van der Waals surface area contributed by atoms with Crippen molar-refractivity contribution in [1.29, 1.82) is 0 Å². The van der Waals surface area contributed by atoms with Gasteiger partial charge in [-0.05, 0) is 42.7 Å². The molecule has 4 heteroatoms. The van der Waals surface area contributed by atoms with Gasteiger partial charge in [-0.25, -0.2) is 4.79 Å². The van der Waals surface area contributed by atoms with Crippen molar-refractivity contribution in [2.75, 3.05) is 13.7 Å². The molecule has 0 heterocycles. The molecule has 0 atom stereocenters. The van der Waals surface area contributed by atoms with Crippen molar-refractivity contribution in [2.24, 2.45) is 0 Å². The Balaban J connectivity index is 1.72. The molecular formula is C19H22N2O2. The van der Waals surface area contributed by atoms with Gasteiger partial charge in [-0.3, -0.25) is 0 Å². The molecule has 0 aliphatic heterocycles. The first-order valence-electron chi connectivity index (χ1n) is 7.58. The number of urea groups is 1. The van der Waals surface area contributed by atoms with Crippen LogP contribution in [0, 0.1) is 6.92 Å². The van der Waals surface area contributed by atoms with Gasteiger partial charge in [0.1, 0.15) is 5.75 Å². The molecule has 0 spiro atoms. The Bertz CT molecular complexity index is 681. The number of carbonyl (C=O) groups is 1. The number of methoxy groups -OCH3 is 1. The molecule has 0 bridgehead atoms. The van der Waals surface area contributed by atoms with Crippen LogP contribution in [-0.4, -0.2) is 19.7 Å². The lowest BCUT2D eigenvalue weighted by atomic mass is 10.1. The fourth-order valence-corrected chi connectivity index (χ4v) is 2.19. The van der Waals surface area contributed by atoms with E-state index in [2.05, 4.69) is 16.7 Å². The van der Waals surface area contributed by atoms with Crippen LogP contribution in [0.2, 0.25) is 0 Å². The second-order valence-electron chi connectivity index (χ2n) is 5.25. The summed E-state index contributed by atoms with van der Waals surface area (Å²) in [5, 5.41) is 5.53. The molecular weight excluding hydrogens is 288 g/mol. The zero-order valence-electron chi connectivity index (χ0n) is 13.5. The molecule has 120 valence electrons. The highest BCUT2D eigenvalue weighted by Gasteiger charge is 1.99. The summed E-state index contributed by atoms with van der Waals surface area (Å²) < 4.78 is 5.18. The first-order valence-corrected chi connectivity index (χ1v) is 7.58. The van der Waals surface area contributed by atoms with Crippen molar-refractivity contribution in [3.05, 3.63) is 71.4 Å². The number of aryl methyl sites for hydroxylation is 1. The number of nitrogens with one attached hydrogen (secondary N) is 2. The van der Waals surface area contributed by atoms with Crippen molar-refractivity contribution < 1.29 is 9.53 Å². The average Bonchev–Trinajstić information content (AvgIpc) is 2.55. The highest BCUT2D eigenvalue weighted by atomic mass is 16.5. The van der Waals surface area contributed by atoms with Gasteiger partial charge in [-0.15, -0.1) is 0 Å². The second-order valence-corrected chi connectivity index (χ2v) is 5.25. The number of carbonyl (C=O) groups excluding carboxylic acids is 1. The Morgan fingerprint density at radius 3 is 2.78 bits per heavy atom. The smallest absolute Gasteiger partial charge is 0.318 e. The molecule has 2 rings (SSSR count). The predicted molar refractivity (Wildman–Crippen MR) is 93.4 cm³/mol. The molecule has 0 saturated carbocycles. The maximum Gasteiger partial charge on any atom is 0.318 e. The molecule has 23 heavy (non-hydrogen) atoms. The lowest BCUT2D eigenvalue weighted by molar-refractivity contribution is 0.244. The first-order chi connectivity index (χ1) is 11.2. The van der Waals surface area contributed by atoms with E-state index in [1.165, 1.54) is 5.56 Å². The predicted octanol–water partition coefficient (Wildman–Crippen LogP) is 3.52. The summed E-state index contributed by atoms with van der Waals surface area (Å²) in [5.74, 6) is 0.827. The van der Waals surface area contributed by atoms with Crippen LogP contribution in [0.1, 0.15) is 16.7 Å². The van der Waals surface area contributed by atoms with Crippen molar-refractivity contribution in [3.63, 3.8) is 0 Å². The van der Waals surface area contributed by atoms with Crippen LogP contribution in [-0.2, 0) is 6.42 Å². The number of benzene rings is 2. The summed E-state index contributed by atoms with van der Waals surface area (Å²) in [5.41, 5.74) is 3.37. The van der Waals surface area contributed by atoms with Gasteiger partial charge in [0.2, 0.25) is 0 Å². The Kier molecular flexibility index (Phi) is 6.24. The van der Waals surface area contributed by atoms with Crippen LogP contribution in [0.3, 0.4) is 0 Å². The van der Waals surface area contributed by atoms with Crippen LogP contribution < -0.4 is 15.4 Å². The Morgan fingerprint density at radius 2 is 2.00 bits per heavy atom. The standard InChI is InChI=1S/C19H22N2O2/c1-15-5-3-6-16(13-15)9-11-20-19(22)21-12-10-17-7-4-8-18(14-17)23-2/h3-9,11,13-14H,10,12H2,1-2H3,(H2,20,21,22)/b11-9+. The molecule has 0 saturated heterocycles. The SMILES string of the molecule is COc1cccc(CCNC(=O)N/C=C/c2cccc(C)c2)c1. The average molecular weight is 310 g/mol. The van der Waals surface area contributed by atoms with Gasteiger partial charge in [0.05, 0.1) is 7.11 Å². The van der Waals surface area contributed by atoms with E-state index in [9.17, 15) is 4.79 Å². The minimum atomic E-state index is -0.211.